The van der Waals surface area contributed by atoms with E-state index in [1.165, 1.54) is 16.7 Å². The van der Waals surface area contributed by atoms with Gasteiger partial charge in [0, 0.05) is 5.41 Å². The second-order valence-electron chi connectivity index (χ2n) is 7.08. The first-order valence-corrected chi connectivity index (χ1v) is 7.87. The quantitative estimate of drug-likeness (QED) is 0.778. The van der Waals surface area contributed by atoms with E-state index < -0.39 is 0 Å². The lowest BCUT2D eigenvalue weighted by atomic mass is 9.89. The third-order valence-corrected chi connectivity index (χ3v) is 5.37. The Morgan fingerprint density at radius 2 is 1.95 bits per heavy atom. The Morgan fingerprint density at radius 1 is 1.29 bits per heavy atom. The number of allylic oxidation sites excluding steroid dienone is 2. The van der Waals surface area contributed by atoms with Crippen molar-refractivity contribution in [2.75, 3.05) is 6.61 Å². The van der Waals surface area contributed by atoms with Crippen LogP contribution in [0.5, 0.6) is 0 Å². The molecule has 2 aliphatic rings. The summed E-state index contributed by atoms with van der Waals surface area (Å²) in [6.07, 6.45) is 2.35. The van der Waals surface area contributed by atoms with Crippen molar-refractivity contribution in [3.63, 3.8) is 0 Å². The molecule has 0 radical (unpaired) electrons. The number of benzene rings is 1. The maximum Gasteiger partial charge on any atom is 0.310 e. The van der Waals surface area contributed by atoms with Crippen LogP contribution in [0.15, 0.2) is 30.3 Å². The van der Waals surface area contributed by atoms with Gasteiger partial charge in [0.25, 0.3) is 0 Å². The third kappa shape index (κ3) is 1.68. The lowest BCUT2D eigenvalue weighted by Gasteiger charge is -2.13. The molecule has 3 rings (SSSR count). The van der Waals surface area contributed by atoms with Gasteiger partial charge >= 0.3 is 5.97 Å². The van der Waals surface area contributed by atoms with Crippen molar-refractivity contribution in [1.29, 1.82) is 0 Å². The zero-order chi connectivity index (χ0) is 15.4. The minimum absolute atomic E-state index is 0.0569. The van der Waals surface area contributed by atoms with Crippen LogP contribution < -0.4 is 0 Å². The Morgan fingerprint density at radius 3 is 2.57 bits per heavy atom. The van der Waals surface area contributed by atoms with E-state index in [4.69, 9.17) is 4.74 Å². The smallest absolute Gasteiger partial charge is 0.310 e. The molecule has 112 valence electrons. The van der Waals surface area contributed by atoms with Gasteiger partial charge in [0.2, 0.25) is 0 Å². The summed E-state index contributed by atoms with van der Waals surface area (Å²) < 4.78 is 5.33. The Balaban J connectivity index is 2.13. The van der Waals surface area contributed by atoms with E-state index in [1.807, 2.05) is 6.92 Å². The van der Waals surface area contributed by atoms with E-state index in [1.54, 1.807) is 0 Å². The highest BCUT2D eigenvalue weighted by Crippen LogP contribution is 2.74. The largest absolute Gasteiger partial charge is 0.466 e. The van der Waals surface area contributed by atoms with E-state index in [-0.39, 0.29) is 22.7 Å². The topological polar surface area (TPSA) is 26.3 Å². The van der Waals surface area contributed by atoms with Gasteiger partial charge in [-0.05, 0) is 35.0 Å². The van der Waals surface area contributed by atoms with Crippen LogP contribution in [0, 0.1) is 17.3 Å². The number of hydrogen-bond donors (Lipinski definition) is 0. The first kappa shape index (κ1) is 14.4. The average Bonchev–Trinajstić information content (AvgIpc) is 2.75. The molecule has 0 amide bonds. The summed E-state index contributed by atoms with van der Waals surface area (Å²) in [5.74, 6) is 0.339. The van der Waals surface area contributed by atoms with Gasteiger partial charge < -0.3 is 4.74 Å². The van der Waals surface area contributed by atoms with Gasteiger partial charge in [-0.3, -0.25) is 4.79 Å². The van der Waals surface area contributed by atoms with Crippen LogP contribution in [0.4, 0.5) is 0 Å². The number of ether oxygens (including phenoxy) is 1. The molecule has 1 fully saturated rings. The monoisotopic (exact) mass is 284 g/mol. The summed E-state index contributed by atoms with van der Waals surface area (Å²) >= 11 is 0. The lowest BCUT2D eigenvalue weighted by molar-refractivity contribution is -0.145. The van der Waals surface area contributed by atoms with E-state index in [0.29, 0.717) is 12.5 Å². The molecule has 2 aliphatic carbocycles. The van der Waals surface area contributed by atoms with Gasteiger partial charge in [-0.25, -0.2) is 0 Å². The Kier molecular flexibility index (Phi) is 3.05. The molecule has 2 nitrogen and oxygen atoms in total. The number of carbonyl (C=O) groups excluding carboxylic acids is 1. The number of rotatable bonds is 3. The Bertz CT molecular complexity index is 624. The SMILES string of the molecule is CCOC(=O)[C@H]1C(C)(C)[C@@]12C=C(C(C)C)c1ccccc12. The minimum atomic E-state index is -0.171. The van der Waals surface area contributed by atoms with E-state index >= 15 is 0 Å². The maximum absolute atomic E-state index is 12.4. The van der Waals surface area contributed by atoms with Crippen molar-refractivity contribution < 1.29 is 9.53 Å². The number of hydrogen-bond acceptors (Lipinski definition) is 2. The second-order valence-corrected chi connectivity index (χ2v) is 7.08. The van der Waals surface area contributed by atoms with Crippen molar-refractivity contribution in [1.82, 2.24) is 0 Å². The van der Waals surface area contributed by atoms with Gasteiger partial charge in [-0.2, -0.15) is 0 Å². The zero-order valence-corrected chi connectivity index (χ0v) is 13.6. The summed E-state index contributed by atoms with van der Waals surface area (Å²) in [4.78, 5) is 12.4. The molecular weight excluding hydrogens is 260 g/mol. The van der Waals surface area contributed by atoms with Gasteiger partial charge in [-0.1, -0.05) is 58.0 Å². The molecule has 0 aromatic heterocycles. The molecule has 2 heteroatoms. The molecule has 0 saturated heterocycles. The summed E-state index contributed by atoms with van der Waals surface area (Å²) in [6, 6.07) is 8.53. The molecule has 1 spiro atoms. The van der Waals surface area contributed by atoms with Gasteiger partial charge in [-0.15, -0.1) is 0 Å². The standard InChI is InChI=1S/C19H24O2/c1-6-21-17(20)16-18(4,5)19(16)11-14(12(2)3)13-9-7-8-10-15(13)19/h7-12,16H,6H2,1-5H3/t16-,19+/m0/s1. The maximum atomic E-state index is 12.4. The minimum Gasteiger partial charge on any atom is -0.466 e. The Labute approximate surface area is 127 Å². The fraction of sp³-hybridized carbons (Fsp3) is 0.526. The normalized spacial score (nSPS) is 28.5. The van der Waals surface area contributed by atoms with Gasteiger partial charge in [0.1, 0.15) is 0 Å². The summed E-state index contributed by atoms with van der Waals surface area (Å²) in [5.41, 5.74) is 3.73. The van der Waals surface area contributed by atoms with Crippen LogP contribution >= 0.6 is 0 Å². The Hall–Kier alpha value is -1.57. The molecule has 0 bridgehead atoms. The summed E-state index contributed by atoms with van der Waals surface area (Å²) in [7, 11) is 0. The highest BCUT2D eigenvalue weighted by Gasteiger charge is 2.76. The van der Waals surface area contributed by atoms with Crippen molar-refractivity contribution in [3.05, 3.63) is 41.5 Å². The van der Waals surface area contributed by atoms with Crippen LogP contribution in [-0.4, -0.2) is 12.6 Å². The van der Waals surface area contributed by atoms with E-state index in [0.717, 1.165) is 0 Å². The first-order valence-electron chi connectivity index (χ1n) is 7.87. The molecule has 1 aromatic rings. The molecule has 0 heterocycles. The third-order valence-electron chi connectivity index (χ3n) is 5.37. The second kappa shape index (κ2) is 4.46. The van der Waals surface area contributed by atoms with Crippen LogP contribution in [0.3, 0.4) is 0 Å². The van der Waals surface area contributed by atoms with Gasteiger partial charge in [0.05, 0.1) is 12.5 Å². The lowest BCUT2D eigenvalue weighted by Crippen LogP contribution is -2.14. The van der Waals surface area contributed by atoms with Crippen LogP contribution in [0.2, 0.25) is 0 Å². The highest BCUT2D eigenvalue weighted by molar-refractivity contribution is 5.90. The van der Waals surface area contributed by atoms with Gasteiger partial charge in [0.15, 0.2) is 0 Å². The summed E-state index contributed by atoms with van der Waals surface area (Å²) in [6.45, 7) is 11.1. The average molecular weight is 284 g/mol. The molecule has 0 N–H and O–H groups in total. The summed E-state index contributed by atoms with van der Waals surface area (Å²) in [5, 5.41) is 0. The van der Waals surface area contributed by atoms with Crippen molar-refractivity contribution in [2.24, 2.45) is 17.3 Å². The molecular formula is C19H24O2. The zero-order valence-electron chi connectivity index (χ0n) is 13.6. The van der Waals surface area contributed by atoms with Crippen molar-refractivity contribution >= 4 is 11.5 Å². The molecule has 2 atom stereocenters. The molecule has 0 unspecified atom stereocenters. The molecule has 21 heavy (non-hydrogen) atoms. The predicted molar refractivity (Wildman–Crippen MR) is 84.8 cm³/mol. The fourth-order valence-electron chi connectivity index (χ4n) is 4.25. The van der Waals surface area contributed by atoms with E-state index in [2.05, 4.69) is 58.0 Å². The predicted octanol–water partition coefficient (Wildman–Crippen LogP) is 4.20. The highest BCUT2D eigenvalue weighted by atomic mass is 16.5. The van der Waals surface area contributed by atoms with Crippen LogP contribution in [0.1, 0.15) is 45.7 Å². The fourth-order valence-corrected chi connectivity index (χ4v) is 4.25. The molecule has 1 aromatic carbocycles. The van der Waals surface area contributed by atoms with Crippen LogP contribution in [-0.2, 0) is 14.9 Å². The number of esters is 1. The van der Waals surface area contributed by atoms with Crippen LogP contribution in [0.25, 0.3) is 5.57 Å². The molecule has 1 saturated carbocycles. The molecule has 0 aliphatic heterocycles. The number of fused-ring (bicyclic) bond motifs is 2. The van der Waals surface area contributed by atoms with Crippen molar-refractivity contribution in [2.45, 2.75) is 40.0 Å². The first-order chi connectivity index (χ1) is 9.88. The van der Waals surface area contributed by atoms with E-state index in [9.17, 15) is 4.79 Å². The number of carbonyl (C=O) groups is 1. The van der Waals surface area contributed by atoms with Crippen molar-refractivity contribution in [3.8, 4) is 0 Å².